The number of alkyl halides is 3. The standard InChI is InChI=1S/C20H28F3N3O3S/c1-2-24-18(26-17-6-11-30(27,28)13-17)25-14-19(7-9-29-10-8-19)15-4-3-5-16(12-15)20(21,22)23/h3-5,12,17H,2,6-11,13-14H2,1H3,(H2,24,25,26). The third kappa shape index (κ3) is 5.66. The van der Waals surface area contributed by atoms with Crippen molar-refractivity contribution in [3.8, 4) is 0 Å². The van der Waals surface area contributed by atoms with Gasteiger partial charge in [-0.2, -0.15) is 13.2 Å². The molecule has 30 heavy (non-hydrogen) atoms. The van der Waals surface area contributed by atoms with E-state index in [9.17, 15) is 21.6 Å². The summed E-state index contributed by atoms with van der Waals surface area (Å²) in [4.78, 5) is 4.65. The molecule has 0 aromatic heterocycles. The van der Waals surface area contributed by atoms with Gasteiger partial charge in [-0.15, -0.1) is 0 Å². The van der Waals surface area contributed by atoms with Gasteiger partial charge < -0.3 is 15.4 Å². The van der Waals surface area contributed by atoms with Crippen LogP contribution < -0.4 is 10.6 Å². The first-order valence-electron chi connectivity index (χ1n) is 10.1. The second-order valence-corrected chi connectivity index (χ2v) is 10.1. The molecule has 3 rings (SSSR count). The van der Waals surface area contributed by atoms with Gasteiger partial charge in [-0.3, -0.25) is 4.99 Å². The van der Waals surface area contributed by atoms with Crippen LogP contribution in [0.5, 0.6) is 0 Å². The van der Waals surface area contributed by atoms with Crippen LogP contribution >= 0.6 is 0 Å². The Morgan fingerprint density at radius 3 is 2.63 bits per heavy atom. The van der Waals surface area contributed by atoms with E-state index >= 15 is 0 Å². The van der Waals surface area contributed by atoms with E-state index in [1.807, 2.05) is 6.92 Å². The van der Waals surface area contributed by atoms with Gasteiger partial charge in [-0.25, -0.2) is 8.42 Å². The number of guanidine groups is 1. The van der Waals surface area contributed by atoms with Crippen LogP contribution in [0.3, 0.4) is 0 Å². The van der Waals surface area contributed by atoms with Gasteiger partial charge in [0.1, 0.15) is 0 Å². The minimum absolute atomic E-state index is 0.0595. The molecular formula is C20H28F3N3O3S. The number of hydrogen-bond donors (Lipinski definition) is 2. The molecule has 2 aliphatic rings. The van der Waals surface area contributed by atoms with E-state index in [0.717, 1.165) is 6.07 Å². The van der Waals surface area contributed by atoms with E-state index < -0.39 is 27.0 Å². The quantitative estimate of drug-likeness (QED) is 0.536. The number of nitrogens with one attached hydrogen (secondary N) is 2. The fraction of sp³-hybridized carbons (Fsp3) is 0.650. The zero-order chi connectivity index (χ0) is 21.8. The van der Waals surface area contributed by atoms with Gasteiger partial charge in [0.25, 0.3) is 0 Å². The molecule has 0 bridgehead atoms. The summed E-state index contributed by atoms with van der Waals surface area (Å²) < 4.78 is 68.6. The molecule has 2 saturated heterocycles. The van der Waals surface area contributed by atoms with Gasteiger partial charge in [0, 0.05) is 31.2 Å². The number of sulfone groups is 1. The van der Waals surface area contributed by atoms with Crippen molar-refractivity contribution in [3.63, 3.8) is 0 Å². The molecule has 6 nitrogen and oxygen atoms in total. The monoisotopic (exact) mass is 447 g/mol. The lowest BCUT2D eigenvalue weighted by Crippen LogP contribution is -2.45. The summed E-state index contributed by atoms with van der Waals surface area (Å²) in [5.41, 5.74) is -0.636. The molecule has 1 aromatic rings. The summed E-state index contributed by atoms with van der Waals surface area (Å²) >= 11 is 0. The highest BCUT2D eigenvalue weighted by Gasteiger charge is 2.37. The number of ether oxygens (including phenoxy) is 1. The molecule has 168 valence electrons. The SMILES string of the molecule is CCNC(=NCC1(c2cccc(C(F)(F)F)c2)CCOCC1)NC1CCS(=O)(=O)C1. The summed E-state index contributed by atoms with van der Waals surface area (Å²) in [7, 11) is -3.03. The summed E-state index contributed by atoms with van der Waals surface area (Å²) in [6.07, 6.45) is -2.76. The van der Waals surface area contributed by atoms with Crippen LogP contribution in [0.15, 0.2) is 29.3 Å². The first-order chi connectivity index (χ1) is 14.1. The van der Waals surface area contributed by atoms with Crippen LogP contribution in [0.1, 0.15) is 37.3 Å². The fourth-order valence-electron chi connectivity index (χ4n) is 3.98. The second-order valence-electron chi connectivity index (χ2n) is 7.91. The van der Waals surface area contributed by atoms with Crippen molar-refractivity contribution >= 4 is 15.8 Å². The van der Waals surface area contributed by atoms with Crippen LogP contribution in [-0.2, 0) is 26.2 Å². The van der Waals surface area contributed by atoms with Gasteiger partial charge in [0.05, 0.1) is 23.6 Å². The maximum absolute atomic E-state index is 13.2. The molecule has 1 aromatic carbocycles. The molecule has 2 N–H and O–H groups in total. The highest BCUT2D eigenvalue weighted by atomic mass is 32.2. The maximum Gasteiger partial charge on any atom is 0.416 e. The number of aliphatic imine (C=N–C) groups is 1. The zero-order valence-electron chi connectivity index (χ0n) is 17.0. The predicted molar refractivity (Wildman–Crippen MR) is 109 cm³/mol. The lowest BCUT2D eigenvalue weighted by Gasteiger charge is -2.37. The summed E-state index contributed by atoms with van der Waals surface area (Å²) in [5.74, 6) is 0.692. The Hall–Kier alpha value is -1.81. The van der Waals surface area contributed by atoms with E-state index in [1.165, 1.54) is 12.1 Å². The van der Waals surface area contributed by atoms with Crippen molar-refractivity contribution in [2.75, 3.05) is 37.8 Å². The Bertz CT molecular complexity index is 866. The van der Waals surface area contributed by atoms with E-state index in [2.05, 4.69) is 15.6 Å². The molecule has 1 atom stereocenters. The van der Waals surface area contributed by atoms with Gasteiger partial charge in [0.2, 0.25) is 0 Å². The normalized spacial score (nSPS) is 23.9. The molecule has 2 fully saturated rings. The number of hydrogen-bond acceptors (Lipinski definition) is 4. The average molecular weight is 448 g/mol. The lowest BCUT2D eigenvalue weighted by atomic mass is 9.74. The first kappa shape index (κ1) is 22.9. The smallest absolute Gasteiger partial charge is 0.381 e. The maximum atomic E-state index is 13.2. The lowest BCUT2D eigenvalue weighted by molar-refractivity contribution is -0.137. The number of halogens is 3. The molecule has 2 heterocycles. The molecule has 10 heteroatoms. The van der Waals surface area contributed by atoms with Crippen LogP contribution in [0.25, 0.3) is 0 Å². The van der Waals surface area contributed by atoms with Crippen molar-refractivity contribution in [2.45, 2.75) is 43.8 Å². The topological polar surface area (TPSA) is 79.8 Å². The van der Waals surface area contributed by atoms with Gasteiger partial charge in [-0.05, 0) is 37.8 Å². The van der Waals surface area contributed by atoms with Gasteiger partial charge in [-0.1, -0.05) is 18.2 Å². The van der Waals surface area contributed by atoms with Gasteiger partial charge in [0.15, 0.2) is 15.8 Å². The molecule has 2 aliphatic heterocycles. The van der Waals surface area contributed by atoms with Crippen molar-refractivity contribution in [3.05, 3.63) is 35.4 Å². The number of benzene rings is 1. The van der Waals surface area contributed by atoms with Crippen molar-refractivity contribution in [1.29, 1.82) is 0 Å². The fourth-order valence-corrected chi connectivity index (χ4v) is 5.65. The molecular weight excluding hydrogens is 419 g/mol. The molecule has 0 saturated carbocycles. The van der Waals surface area contributed by atoms with Crippen LogP contribution in [0.2, 0.25) is 0 Å². The third-order valence-electron chi connectivity index (χ3n) is 5.71. The Morgan fingerprint density at radius 2 is 2.03 bits per heavy atom. The van der Waals surface area contributed by atoms with E-state index in [0.29, 0.717) is 50.5 Å². The average Bonchev–Trinajstić information content (AvgIpc) is 3.05. The van der Waals surface area contributed by atoms with E-state index in [-0.39, 0.29) is 24.1 Å². The first-order valence-corrected chi connectivity index (χ1v) is 12.0. The third-order valence-corrected chi connectivity index (χ3v) is 7.48. The number of nitrogens with zero attached hydrogens (tertiary/aromatic N) is 1. The van der Waals surface area contributed by atoms with Crippen molar-refractivity contribution < 1.29 is 26.3 Å². The van der Waals surface area contributed by atoms with Gasteiger partial charge >= 0.3 is 6.18 Å². The number of rotatable bonds is 5. The van der Waals surface area contributed by atoms with Crippen molar-refractivity contribution in [2.24, 2.45) is 4.99 Å². The summed E-state index contributed by atoms with van der Waals surface area (Å²) in [6, 6.07) is 5.23. The largest absolute Gasteiger partial charge is 0.416 e. The highest BCUT2D eigenvalue weighted by Crippen LogP contribution is 2.38. The van der Waals surface area contributed by atoms with Crippen LogP contribution in [-0.4, -0.2) is 58.2 Å². The minimum atomic E-state index is -4.41. The van der Waals surface area contributed by atoms with E-state index in [1.54, 1.807) is 6.07 Å². The van der Waals surface area contributed by atoms with Crippen molar-refractivity contribution in [1.82, 2.24) is 10.6 Å². The summed E-state index contributed by atoms with van der Waals surface area (Å²) in [6.45, 7) is 3.68. The Kier molecular flexibility index (Phi) is 6.96. The molecule has 0 spiro atoms. The highest BCUT2D eigenvalue weighted by molar-refractivity contribution is 7.91. The molecule has 0 amide bonds. The van der Waals surface area contributed by atoms with E-state index in [4.69, 9.17) is 4.74 Å². The molecule has 0 radical (unpaired) electrons. The van der Waals surface area contributed by atoms with Crippen LogP contribution in [0.4, 0.5) is 13.2 Å². The second kappa shape index (κ2) is 9.13. The minimum Gasteiger partial charge on any atom is -0.381 e. The zero-order valence-corrected chi connectivity index (χ0v) is 17.8. The Balaban J connectivity index is 1.84. The molecule has 0 aliphatic carbocycles. The molecule has 1 unspecified atom stereocenters. The predicted octanol–water partition coefficient (Wildman–Crippen LogP) is 2.50. The van der Waals surface area contributed by atoms with Crippen LogP contribution in [0, 0.1) is 0 Å². The Morgan fingerprint density at radius 1 is 1.30 bits per heavy atom. The summed E-state index contributed by atoms with van der Waals surface area (Å²) in [5, 5.41) is 6.28. The Labute approximate surface area is 175 Å².